The molecule has 0 aliphatic rings. The molecule has 0 radical (unpaired) electrons. The van der Waals surface area contributed by atoms with Crippen LogP contribution in [-0.4, -0.2) is 17.2 Å². The molecule has 90 valence electrons. The van der Waals surface area contributed by atoms with Gasteiger partial charge in [-0.05, 0) is 27.1 Å². The number of halogens is 1. The summed E-state index contributed by atoms with van der Waals surface area (Å²) in [6, 6.07) is 7.69. The number of aromatic nitrogens is 1. The summed E-state index contributed by atoms with van der Waals surface area (Å²) in [4.78, 5) is 4.21. The Morgan fingerprint density at radius 3 is 2.65 bits per heavy atom. The lowest BCUT2D eigenvalue weighted by molar-refractivity contribution is 0.184. The number of rotatable bonds is 4. The molecule has 1 aromatic carbocycles. The Bertz CT molecular complexity index is 484. The van der Waals surface area contributed by atoms with Crippen molar-refractivity contribution in [2.45, 2.75) is 12.7 Å². The number of hydrogen-bond donors (Lipinski definition) is 1. The van der Waals surface area contributed by atoms with Crippen molar-refractivity contribution in [3.8, 4) is 0 Å². The maximum Gasteiger partial charge on any atom is 0.131 e. The molecule has 17 heavy (non-hydrogen) atoms. The van der Waals surface area contributed by atoms with Crippen molar-refractivity contribution < 1.29 is 9.84 Å². The van der Waals surface area contributed by atoms with Crippen LogP contribution in [0.15, 0.2) is 34.2 Å². The van der Waals surface area contributed by atoms with E-state index >= 15 is 0 Å². The average Bonchev–Trinajstić information content (AvgIpc) is 2.76. The maximum absolute atomic E-state index is 10.1. The van der Waals surface area contributed by atoms with Gasteiger partial charge >= 0.3 is 0 Å². The molecule has 0 saturated carbocycles. The molecule has 1 atom stereocenters. The Hall–Kier alpha value is -0.750. The molecule has 0 spiro atoms. The summed E-state index contributed by atoms with van der Waals surface area (Å²) in [6.07, 6.45) is -0.664. The van der Waals surface area contributed by atoms with Gasteiger partial charge in [0, 0.05) is 12.5 Å². The summed E-state index contributed by atoms with van der Waals surface area (Å²) in [7, 11) is 1.66. The largest absolute Gasteiger partial charge is 0.381 e. The molecule has 2 aromatic rings. The van der Waals surface area contributed by atoms with Crippen LogP contribution in [0.25, 0.3) is 0 Å². The first kappa shape index (κ1) is 12.7. The Kier molecular flexibility index (Phi) is 4.28. The third kappa shape index (κ3) is 3.13. The molecule has 2 rings (SSSR count). The van der Waals surface area contributed by atoms with Crippen LogP contribution in [0.3, 0.4) is 0 Å². The second kappa shape index (κ2) is 5.73. The molecule has 1 aromatic heterocycles. The molecule has 1 N–H and O–H groups in total. The standard InChI is InChI=1S/C12H12BrNO2S/c1-16-6-8-2-4-9(5-3-8)11(15)12-14-10(13)7-17-12/h2-5,7,11,15H,6H2,1H3. The highest BCUT2D eigenvalue weighted by Gasteiger charge is 2.13. The van der Waals surface area contributed by atoms with Gasteiger partial charge in [0.1, 0.15) is 15.7 Å². The maximum atomic E-state index is 10.1. The fraction of sp³-hybridized carbons (Fsp3) is 0.250. The summed E-state index contributed by atoms with van der Waals surface area (Å²) in [5, 5.41) is 12.7. The van der Waals surface area contributed by atoms with Crippen molar-refractivity contribution in [2.24, 2.45) is 0 Å². The Balaban J connectivity index is 2.16. The van der Waals surface area contributed by atoms with E-state index in [4.69, 9.17) is 4.74 Å². The number of hydrogen-bond acceptors (Lipinski definition) is 4. The number of nitrogens with zero attached hydrogens (tertiary/aromatic N) is 1. The number of aliphatic hydroxyl groups excluding tert-OH is 1. The first-order valence-electron chi connectivity index (χ1n) is 5.07. The van der Waals surface area contributed by atoms with Gasteiger partial charge < -0.3 is 9.84 Å². The van der Waals surface area contributed by atoms with E-state index in [0.29, 0.717) is 11.6 Å². The predicted octanol–water partition coefficient (Wildman–Crippen LogP) is 3.13. The molecular formula is C12H12BrNO2S. The van der Waals surface area contributed by atoms with Gasteiger partial charge in [-0.1, -0.05) is 24.3 Å². The van der Waals surface area contributed by atoms with E-state index in [-0.39, 0.29) is 0 Å². The van der Waals surface area contributed by atoms with Gasteiger partial charge in [-0.15, -0.1) is 11.3 Å². The van der Waals surface area contributed by atoms with E-state index in [1.807, 2.05) is 29.6 Å². The van der Waals surface area contributed by atoms with Crippen LogP contribution < -0.4 is 0 Å². The van der Waals surface area contributed by atoms with Crippen LogP contribution >= 0.6 is 27.3 Å². The zero-order valence-corrected chi connectivity index (χ0v) is 11.7. The van der Waals surface area contributed by atoms with Crippen LogP contribution in [0, 0.1) is 0 Å². The lowest BCUT2D eigenvalue weighted by Gasteiger charge is -2.08. The van der Waals surface area contributed by atoms with Crippen LogP contribution in [0.5, 0.6) is 0 Å². The van der Waals surface area contributed by atoms with E-state index in [1.54, 1.807) is 7.11 Å². The molecular weight excluding hydrogens is 302 g/mol. The average molecular weight is 314 g/mol. The highest BCUT2D eigenvalue weighted by molar-refractivity contribution is 9.10. The Labute approximate surface area is 112 Å². The molecule has 5 heteroatoms. The molecule has 3 nitrogen and oxygen atoms in total. The van der Waals surface area contributed by atoms with E-state index in [9.17, 15) is 5.11 Å². The van der Waals surface area contributed by atoms with Crippen molar-refractivity contribution >= 4 is 27.3 Å². The fourth-order valence-corrected chi connectivity index (χ4v) is 2.77. The lowest BCUT2D eigenvalue weighted by Crippen LogP contribution is -1.99. The van der Waals surface area contributed by atoms with E-state index in [1.165, 1.54) is 11.3 Å². The minimum atomic E-state index is -0.664. The van der Waals surface area contributed by atoms with Gasteiger partial charge in [0.15, 0.2) is 0 Å². The monoisotopic (exact) mass is 313 g/mol. The Morgan fingerprint density at radius 2 is 2.12 bits per heavy atom. The van der Waals surface area contributed by atoms with Crippen LogP contribution in [0.4, 0.5) is 0 Å². The summed E-state index contributed by atoms with van der Waals surface area (Å²) in [5.41, 5.74) is 1.93. The number of benzene rings is 1. The minimum Gasteiger partial charge on any atom is -0.381 e. The molecule has 0 bridgehead atoms. The zero-order chi connectivity index (χ0) is 12.3. The SMILES string of the molecule is COCc1ccc(C(O)c2nc(Br)cs2)cc1. The summed E-state index contributed by atoms with van der Waals surface area (Å²) in [5.74, 6) is 0. The van der Waals surface area contributed by atoms with Crippen molar-refractivity contribution in [3.63, 3.8) is 0 Å². The van der Waals surface area contributed by atoms with E-state index < -0.39 is 6.10 Å². The second-order valence-corrected chi connectivity index (χ2v) is 5.29. The molecule has 0 aliphatic heterocycles. The third-order valence-corrected chi connectivity index (χ3v) is 3.94. The molecule has 1 heterocycles. The topological polar surface area (TPSA) is 42.4 Å². The van der Waals surface area contributed by atoms with Gasteiger partial charge in [-0.2, -0.15) is 0 Å². The zero-order valence-electron chi connectivity index (χ0n) is 9.26. The van der Waals surface area contributed by atoms with Crippen molar-refractivity contribution in [1.82, 2.24) is 4.98 Å². The number of aliphatic hydroxyl groups is 1. The quantitative estimate of drug-likeness (QED) is 0.943. The highest BCUT2D eigenvalue weighted by Crippen LogP contribution is 2.26. The minimum absolute atomic E-state index is 0.583. The number of ether oxygens (including phenoxy) is 1. The first-order valence-corrected chi connectivity index (χ1v) is 6.74. The smallest absolute Gasteiger partial charge is 0.131 e. The predicted molar refractivity (Wildman–Crippen MR) is 71.0 cm³/mol. The van der Waals surface area contributed by atoms with Crippen molar-refractivity contribution in [2.75, 3.05) is 7.11 Å². The number of methoxy groups -OCH3 is 1. The van der Waals surface area contributed by atoms with Crippen molar-refractivity contribution in [3.05, 3.63) is 50.4 Å². The molecule has 0 saturated heterocycles. The summed E-state index contributed by atoms with van der Waals surface area (Å²) < 4.78 is 5.79. The summed E-state index contributed by atoms with van der Waals surface area (Å²) in [6.45, 7) is 0.583. The third-order valence-electron chi connectivity index (χ3n) is 2.33. The van der Waals surface area contributed by atoms with Crippen LogP contribution in [-0.2, 0) is 11.3 Å². The van der Waals surface area contributed by atoms with Gasteiger partial charge in [0.25, 0.3) is 0 Å². The number of thiazole rings is 1. The highest BCUT2D eigenvalue weighted by atomic mass is 79.9. The molecule has 1 unspecified atom stereocenters. The molecule has 0 amide bonds. The second-order valence-electron chi connectivity index (χ2n) is 3.59. The Morgan fingerprint density at radius 1 is 1.41 bits per heavy atom. The lowest BCUT2D eigenvalue weighted by atomic mass is 10.1. The van der Waals surface area contributed by atoms with Gasteiger partial charge in [0.2, 0.25) is 0 Å². The van der Waals surface area contributed by atoms with Crippen molar-refractivity contribution in [1.29, 1.82) is 0 Å². The van der Waals surface area contributed by atoms with Crippen LogP contribution in [0.2, 0.25) is 0 Å². The molecule has 0 aliphatic carbocycles. The van der Waals surface area contributed by atoms with Gasteiger partial charge in [-0.3, -0.25) is 0 Å². The molecule has 0 fully saturated rings. The van der Waals surface area contributed by atoms with Gasteiger partial charge in [-0.25, -0.2) is 4.98 Å². The van der Waals surface area contributed by atoms with Crippen LogP contribution in [0.1, 0.15) is 22.2 Å². The van der Waals surface area contributed by atoms with E-state index in [0.717, 1.165) is 15.7 Å². The summed E-state index contributed by atoms with van der Waals surface area (Å²) >= 11 is 4.71. The fourth-order valence-electron chi connectivity index (χ4n) is 1.50. The van der Waals surface area contributed by atoms with E-state index in [2.05, 4.69) is 20.9 Å². The first-order chi connectivity index (χ1) is 8.20. The normalized spacial score (nSPS) is 12.6. The van der Waals surface area contributed by atoms with Gasteiger partial charge in [0.05, 0.1) is 6.61 Å².